The Balaban J connectivity index is 1.63. The monoisotopic (exact) mass is 527 g/mol. The summed E-state index contributed by atoms with van der Waals surface area (Å²) in [5.74, 6) is -1.60. The molecule has 0 unspecified atom stereocenters. The SMILES string of the molecule is COC(=O)c1c(NC(=O)CSc2nnc(COc3ccc(F)c(Cl)c3)n2C)sc(C(N)=O)c1C. The minimum Gasteiger partial charge on any atom is -0.486 e. The van der Waals surface area contributed by atoms with Crippen molar-refractivity contribution in [2.24, 2.45) is 12.8 Å². The minimum atomic E-state index is -0.709. The molecule has 3 N–H and O–H groups in total. The molecule has 180 valence electrons. The Morgan fingerprint density at radius 3 is 2.71 bits per heavy atom. The van der Waals surface area contributed by atoms with Gasteiger partial charge in [0.2, 0.25) is 5.91 Å². The number of halogens is 2. The summed E-state index contributed by atoms with van der Waals surface area (Å²) in [6.45, 7) is 1.60. The maximum absolute atomic E-state index is 13.3. The molecule has 0 bridgehead atoms. The summed E-state index contributed by atoms with van der Waals surface area (Å²) in [7, 11) is 2.90. The summed E-state index contributed by atoms with van der Waals surface area (Å²) >= 11 is 7.75. The van der Waals surface area contributed by atoms with Gasteiger partial charge in [0.05, 0.1) is 28.3 Å². The van der Waals surface area contributed by atoms with Gasteiger partial charge < -0.3 is 25.1 Å². The highest BCUT2D eigenvalue weighted by Crippen LogP contribution is 2.33. The number of thioether (sulfide) groups is 1. The molecule has 0 atom stereocenters. The highest BCUT2D eigenvalue weighted by molar-refractivity contribution is 7.99. The zero-order valence-corrected chi connectivity index (χ0v) is 20.6. The average Bonchev–Trinajstić information content (AvgIpc) is 3.31. The van der Waals surface area contributed by atoms with E-state index in [-0.39, 0.29) is 32.8 Å². The van der Waals surface area contributed by atoms with Crippen LogP contribution >= 0.6 is 34.7 Å². The highest BCUT2D eigenvalue weighted by atomic mass is 35.5. The second kappa shape index (κ2) is 10.8. The van der Waals surface area contributed by atoms with Crippen LogP contribution in [0.3, 0.4) is 0 Å². The maximum Gasteiger partial charge on any atom is 0.341 e. The van der Waals surface area contributed by atoms with Crippen molar-refractivity contribution in [3.63, 3.8) is 0 Å². The van der Waals surface area contributed by atoms with Crippen LogP contribution in [0.2, 0.25) is 5.02 Å². The maximum atomic E-state index is 13.3. The molecule has 2 amide bonds. The van der Waals surface area contributed by atoms with E-state index in [1.165, 1.54) is 25.3 Å². The van der Waals surface area contributed by atoms with E-state index >= 15 is 0 Å². The Morgan fingerprint density at radius 1 is 1.32 bits per heavy atom. The molecule has 0 radical (unpaired) electrons. The van der Waals surface area contributed by atoms with E-state index in [1.54, 1.807) is 18.5 Å². The Bertz CT molecular complexity index is 1260. The number of anilines is 1. The third kappa shape index (κ3) is 5.66. The number of thiophene rings is 1. The lowest BCUT2D eigenvalue weighted by Gasteiger charge is -2.08. The van der Waals surface area contributed by atoms with Crippen LogP contribution in [0, 0.1) is 12.7 Å². The fourth-order valence-electron chi connectivity index (χ4n) is 2.79. The molecule has 0 saturated carbocycles. The summed E-state index contributed by atoms with van der Waals surface area (Å²) < 4.78 is 25.2. The second-order valence-corrected chi connectivity index (χ2v) is 9.15. The number of carbonyl (C=O) groups is 3. The third-order valence-electron chi connectivity index (χ3n) is 4.53. The fraction of sp³-hybridized carbons (Fsp3) is 0.250. The topological polar surface area (TPSA) is 138 Å². The Labute approximate surface area is 206 Å². The van der Waals surface area contributed by atoms with Crippen molar-refractivity contribution in [1.82, 2.24) is 14.8 Å². The van der Waals surface area contributed by atoms with Gasteiger partial charge in [-0.1, -0.05) is 23.4 Å². The summed E-state index contributed by atoms with van der Waals surface area (Å²) in [6.07, 6.45) is 0. The zero-order valence-electron chi connectivity index (χ0n) is 18.2. The lowest BCUT2D eigenvalue weighted by atomic mass is 10.1. The number of aromatic nitrogens is 3. The molecule has 2 aromatic heterocycles. The summed E-state index contributed by atoms with van der Waals surface area (Å²) in [6, 6.07) is 3.99. The lowest BCUT2D eigenvalue weighted by molar-refractivity contribution is -0.113. The first kappa shape index (κ1) is 25.5. The molecule has 0 aliphatic carbocycles. The molecular weight excluding hydrogens is 509 g/mol. The molecule has 0 spiro atoms. The molecule has 1 aromatic carbocycles. The number of primary amides is 1. The summed E-state index contributed by atoms with van der Waals surface area (Å²) in [5, 5.41) is 11.2. The van der Waals surface area contributed by atoms with Crippen molar-refractivity contribution in [3.8, 4) is 5.75 Å². The molecule has 10 nitrogen and oxygen atoms in total. The number of nitrogens with one attached hydrogen (secondary N) is 1. The van der Waals surface area contributed by atoms with Crippen molar-refractivity contribution in [3.05, 3.63) is 50.9 Å². The van der Waals surface area contributed by atoms with E-state index in [4.69, 9.17) is 26.8 Å². The zero-order chi connectivity index (χ0) is 25.0. The number of nitrogens with two attached hydrogens (primary N) is 1. The van der Waals surface area contributed by atoms with E-state index in [9.17, 15) is 18.8 Å². The number of amides is 2. The van der Waals surface area contributed by atoms with Gasteiger partial charge in [-0.2, -0.15) is 0 Å². The van der Waals surface area contributed by atoms with Crippen molar-refractivity contribution < 1.29 is 28.2 Å². The van der Waals surface area contributed by atoms with Crippen LogP contribution in [0.25, 0.3) is 0 Å². The lowest BCUT2D eigenvalue weighted by Crippen LogP contribution is -2.16. The van der Waals surface area contributed by atoms with Crippen molar-refractivity contribution in [1.29, 1.82) is 0 Å². The molecule has 34 heavy (non-hydrogen) atoms. The average molecular weight is 528 g/mol. The molecule has 3 aromatic rings. The number of methoxy groups -OCH3 is 1. The van der Waals surface area contributed by atoms with Gasteiger partial charge in [-0.25, -0.2) is 9.18 Å². The Kier molecular flexibility index (Phi) is 8.12. The van der Waals surface area contributed by atoms with E-state index in [0.717, 1.165) is 23.1 Å². The van der Waals surface area contributed by atoms with Gasteiger partial charge in [-0.05, 0) is 24.6 Å². The molecular formula is C20H19ClFN5O5S2. The fourth-order valence-corrected chi connectivity index (χ4v) is 4.75. The summed E-state index contributed by atoms with van der Waals surface area (Å²) in [4.78, 5) is 36.4. The molecule has 2 heterocycles. The molecule has 0 saturated heterocycles. The van der Waals surface area contributed by atoms with E-state index < -0.39 is 23.6 Å². The number of hydrogen-bond acceptors (Lipinski definition) is 9. The number of benzene rings is 1. The highest BCUT2D eigenvalue weighted by Gasteiger charge is 2.25. The number of nitrogens with zero attached hydrogens (tertiary/aromatic N) is 3. The Morgan fingerprint density at radius 2 is 2.06 bits per heavy atom. The molecule has 0 fully saturated rings. The van der Waals surface area contributed by atoms with Crippen LogP contribution in [-0.4, -0.2) is 45.4 Å². The van der Waals surface area contributed by atoms with E-state index in [2.05, 4.69) is 15.5 Å². The minimum absolute atomic E-state index is 0.0467. The van der Waals surface area contributed by atoms with Crippen LogP contribution in [0.5, 0.6) is 5.75 Å². The van der Waals surface area contributed by atoms with Gasteiger partial charge in [-0.15, -0.1) is 21.5 Å². The Hall–Kier alpha value is -3.16. The van der Waals surface area contributed by atoms with Crippen LogP contribution in [0.15, 0.2) is 23.4 Å². The molecule has 14 heteroatoms. The van der Waals surface area contributed by atoms with E-state index in [1.807, 2.05) is 0 Å². The standard InChI is InChI=1S/C20H19ClFN5O5S2/c1-9-15(19(30)31-3)18(34-16(9)17(23)29)24-14(28)8-33-20-26-25-13(27(20)2)7-32-10-4-5-12(22)11(21)6-10/h4-6H,7-8H2,1-3H3,(H2,23,29)(H,24,28). The van der Waals surface area contributed by atoms with Crippen LogP contribution in [0.1, 0.15) is 31.4 Å². The van der Waals surface area contributed by atoms with Crippen molar-refractivity contribution >= 4 is 57.5 Å². The van der Waals surface area contributed by atoms with Crippen LogP contribution < -0.4 is 15.8 Å². The number of rotatable bonds is 9. The van der Waals surface area contributed by atoms with Gasteiger partial charge >= 0.3 is 5.97 Å². The number of esters is 1. The van der Waals surface area contributed by atoms with Gasteiger partial charge in [0.15, 0.2) is 11.0 Å². The summed E-state index contributed by atoms with van der Waals surface area (Å²) in [5.41, 5.74) is 5.77. The first-order valence-electron chi connectivity index (χ1n) is 9.52. The normalized spacial score (nSPS) is 10.7. The smallest absolute Gasteiger partial charge is 0.341 e. The van der Waals surface area contributed by atoms with Crippen molar-refractivity contribution in [2.45, 2.75) is 18.7 Å². The quantitative estimate of drug-likeness (QED) is 0.319. The van der Waals surface area contributed by atoms with E-state index in [0.29, 0.717) is 22.3 Å². The first-order valence-corrected chi connectivity index (χ1v) is 11.7. The van der Waals surface area contributed by atoms with Crippen LogP contribution in [0.4, 0.5) is 9.39 Å². The number of hydrogen-bond donors (Lipinski definition) is 2. The molecule has 0 aliphatic heterocycles. The number of ether oxygens (including phenoxy) is 2. The largest absolute Gasteiger partial charge is 0.486 e. The van der Waals surface area contributed by atoms with Crippen molar-refractivity contribution in [2.75, 3.05) is 18.2 Å². The van der Waals surface area contributed by atoms with Gasteiger partial charge in [0.1, 0.15) is 23.2 Å². The first-order chi connectivity index (χ1) is 16.1. The van der Waals surface area contributed by atoms with Gasteiger partial charge in [0.25, 0.3) is 5.91 Å². The van der Waals surface area contributed by atoms with Gasteiger partial charge in [0, 0.05) is 13.1 Å². The molecule has 0 aliphatic rings. The third-order valence-corrected chi connectivity index (χ3v) is 7.06. The van der Waals surface area contributed by atoms with Crippen LogP contribution in [-0.2, 0) is 23.2 Å². The van der Waals surface area contributed by atoms with Gasteiger partial charge in [-0.3, -0.25) is 9.59 Å². The predicted octanol–water partition coefficient (Wildman–Crippen LogP) is 3.17. The predicted molar refractivity (Wildman–Crippen MR) is 125 cm³/mol. The second-order valence-electron chi connectivity index (χ2n) is 6.78. The number of carbonyl (C=O) groups excluding carboxylic acids is 3. The molecule has 3 rings (SSSR count).